The summed E-state index contributed by atoms with van der Waals surface area (Å²) in [5, 5.41) is 120. The first kappa shape index (κ1) is 77.2. The number of hydrogen-bond acceptors (Lipinski definition) is 18. The van der Waals surface area contributed by atoms with Gasteiger partial charge in [-0.2, -0.15) is 0 Å². The molecule has 19 nitrogen and oxygen atoms in total. The summed E-state index contributed by atoms with van der Waals surface area (Å²) < 4.78 is 34.3. The number of aliphatic hydroxyl groups excluding tert-OH is 11. The number of allylic oxidation sites excluding steroid dienone is 14. The Labute approximate surface area is 514 Å². The second kappa shape index (κ2) is 48.8. The fraction of sp³-hybridized carbons (Fsp3) is 0.776. The van der Waals surface area contributed by atoms with Crippen molar-refractivity contribution in [2.45, 2.75) is 304 Å². The number of amides is 1. The highest BCUT2D eigenvalue weighted by Crippen LogP contribution is 2.33. The van der Waals surface area contributed by atoms with Crippen molar-refractivity contribution in [2.75, 3.05) is 26.4 Å². The summed E-state index contributed by atoms with van der Waals surface area (Å²) in [7, 11) is 0. The Hall–Kier alpha value is -3.03. The molecule has 0 radical (unpaired) electrons. The summed E-state index contributed by atoms with van der Waals surface area (Å²) in [6, 6.07) is -0.894. The number of unbranched alkanes of at least 4 members (excludes halogenated alkanes) is 18. The van der Waals surface area contributed by atoms with Crippen LogP contribution in [0.15, 0.2) is 85.1 Å². The molecular formula is C67H115NO18. The minimum Gasteiger partial charge on any atom is -0.394 e. The molecule has 496 valence electrons. The molecule has 3 aliphatic rings. The fourth-order valence-electron chi connectivity index (χ4n) is 10.6. The Kier molecular flexibility index (Phi) is 43.8. The number of hydrogen-bond donors (Lipinski definition) is 12. The summed E-state index contributed by atoms with van der Waals surface area (Å²) in [4.78, 5) is 13.4. The first-order valence-electron chi connectivity index (χ1n) is 32.8. The van der Waals surface area contributed by atoms with Gasteiger partial charge in [0.15, 0.2) is 18.9 Å². The SMILES string of the molecule is CC/C=C\C/C=C\C/C=C\C/C=C\C/C=C\C/C=C\C/C=C\CCCCCCCCCCCC(=O)NC(COC1OC(CO)C(OC2OC(CO)C(OC3OC(CO)C(O)C(O)C3O)C(O)C2O)C(O)C1O)C(O)CCCCCCCCCCCC. The maximum Gasteiger partial charge on any atom is 0.220 e. The molecular weight excluding hydrogens is 1110 g/mol. The topological polar surface area (TPSA) is 307 Å². The van der Waals surface area contributed by atoms with Crippen LogP contribution in [0.1, 0.15) is 200 Å². The average molecular weight is 1220 g/mol. The van der Waals surface area contributed by atoms with Crippen molar-refractivity contribution in [3.05, 3.63) is 85.1 Å². The summed E-state index contributed by atoms with van der Waals surface area (Å²) in [6.07, 6.45) is 33.9. The minimum absolute atomic E-state index is 0.253. The van der Waals surface area contributed by atoms with Gasteiger partial charge in [-0.05, 0) is 70.6 Å². The molecule has 0 aromatic rings. The second-order valence-electron chi connectivity index (χ2n) is 23.2. The summed E-state index contributed by atoms with van der Waals surface area (Å²) >= 11 is 0. The summed E-state index contributed by atoms with van der Waals surface area (Å²) in [5.74, 6) is -0.255. The lowest BCUT2D eigenvalue weighted by Gasteiger charge is -2.48. The molecule has 12 N–H and O–H groups in total. The number of carbonyl (C=O) groups is 1. The zero-order valence-corrected chi connectivity index (χ0v) is 52.0. The number of aliphatic hydroxyl groups is 11. The van der Waals surface area contributed by atoms with E-state index in [0.717, 1.165) is 103 Å². The number of nitrogens with one attached hydrogen (secondary N) is 1. The highest BCUT2D eigenvalue weighted by atomic mass is 16.8. The molecule has 3 aliphatic heterocycles. The Balaban J connectivity index is 1.38. The van der Waals surface area contributed by atoms with E-state index in [1.54, 1.807) is 0 Å². The molecule has 17 unspecified atom stereocenters. The minimum atomic E-state index is -1.98. The van der Waals surface area contributed by atoms with Crippen molar-refractivity contribution < 1.29 is 89.4 Å². The fourth-order valence-corrected chi connectivity index (χ4v) is 10.6. The van der Waals surface area contributed by atoms with Gasteiger partial charge in [-0.1, -0.05) is 208 Å². The van der Waals surface area contributed by atoms with Crippen LogP contribution in [0.5, 0.6) is 0 Å². The van der Waals surface area contributed by atoms with Crippen molar-refractivity contribution in [3.8, 4) is 0 Å². The number of rotatable bonds is 48. The summed E-state index contributed by atoms with van der Waals surface area (Å²) in [5.41, 5.74) is 0. The van der Waals surface area contributed by atoms with Crippen LogP contribution >= 0.6 is 0 Å². The molecule has 3 saturated heterocycles. The lowest BCUT2D eigenvalue weighted by molar-refractivity contribution is -0.379. The zero-order valence-electron chi connectivity index (χ0n) is 52.0. The number of ether oxygens (including phenoxy) is 6. The Morgan fingerprint density at radius 1 is 0.430 bits per heavy atom. The van der Waals surface area contributed by atoms with Crippen LogP contribution in [-0.2, 0) is 33.2 Å². The summed E-state index contributed by atoms with van der Waals surface area (Å²) in [6.45, 7) is 1.63. The van der Waals surface area contributed by atoms with Gasteiger partial charge in [0.1, 0.15) is 73.2 Å². The predicted molar refractivity (Wildman–Crippen MR) is 332 cm³/mol. The van der Waals surface area contributed by atoms with E-state index < -0.39 is 124 Å². The van der Waals surface area contributed by atoms with E-state index in [0.29, 0.717) is 12.8 Å². The molecule has 0 aromatic carbocycles. The van der Waals surface area contributed by atoms with Gasteiger partial charge in [-0.25, -0.2) is 0 Å². The Bertz CT molecular complexity index is 1890. The normalized spacial score (nSPS) is 29.3. The van der Waals surface area contributed by atoms with Crippen molar-refractivity contribution in [2.24, 2.45) is 0 Å². The van der Waals surface area contributed by atoms with E-state index >= 15 is 0 Å². The molecule has 0 bridgehead atoms. The van der Waals surface area contributed by atoms with Crippen LogP contribution in [0.25, 0.3) is 0 Å². The maximum atomic E-state index is 13.4. The van der Waals surface area contributed by atoms with E-state index in [4.69, 9.17) is 28.4 Å². The molecule has 3 fully saturated rings. The van der Waals surface area contributed by atoms with Gasteiger partial charge in [0.2, 0.25) is 5.91 Å². The van der Waals surface area contributed by atoms with Crippen molar-refractivity contribution >= 4 is 5.91 Å². The quantitative estimate of drug-likeness (QED) is 0.0207. The molecule has 86 heavy (non-hydrogen) atoms. The monoisotopic (exact) mass is 1220 g/mol. The van der Waals surface area contributed by atoms with Crippen LogP contribution in [-0.4, -0.2) is 193 Å². The smallest absolute Gasteiger partial charge is 0.220 e. The number of carbonyl (C=O) groups excluding carboxylic acids is 1. The van der Waals surface area contributed by atoms with E-state index in [-0.39, 0.29) is 18.9 Å². The lowest BCUT2D eigenvalue weighted by Crippen LogP contribution is -2.66. The van der Waals surface area contributed by atoms with Crippen LogP contribution in [0.3, 0.4) is 0 Å². The van der Waals surface area contributed by atoms with E-state index in [9.17, 15) is 61.0 Å². The largest absolute Gasteiger partial charge is 0.394 e. The third-order valence-electron chi connectivity index (χ3n) is 16.0. The van der Waals surface area contributed by atoms with Gasteiger partial charge in [-0.15, -0.1) is 0 Å². The first-order chi connectivity index (χ1) is 41.8. The Morgan fingerprint density at radius 3 is 1.26 bits per heavy atom. The molecule has 3 rings (SSSR count). The van der Waals surface area contributed by atoms with Gasteiger partial charge < -0.3 is 89.9 Å². The van der Waals surface area contributed by atoms with Crippen molar-refractivity contribution in [1.29, 1.82) is 0 Å². The van der Waals surface area contributed by atoms with E-state index in [1.165, 1.54) is 64.2 Å². The van der Waals surface area contributed by atoms with Gasteiger partial charge in [0.05, 0.1) is 38.6 Å². The van der Waals surface area contributed by atoms with Crippen LogP contribution in [0.4, 0.5) is 0 Å². The zero-order chi connectivity index (χ0) is 62.6. The third-order valence-corrected chi connectivity index (χ3v) is 16.0. The molecule has 19 heteroatoms. The van der Waals surface area contributed by atoms with Crippen LogP contribution < -0.4 is 5.32 Å². The van der Waals surface area contributed by atoms with Gasteiger partial charge in [0.25, 0.3) is 0 Å². The second-order valence-corrected chi connectivity index (χ2v) is 23.2. The predicted octanol–water partition coefficient (Wildman–Crippen LogP) is 7.54. The standard InChI is InChI=1S/C67H115NO18/c1-3-5-7-9-11-13-15-16-17-18-19-20-21-22-23-24-25-26-27-28-29-30-31-32-33-34-35-37-39-41-43-45-55(73)68-50(51(72)44-42-40-38-36-14-12-10-8-6-4-2)49-81-65-61(79)58(76)63(53(47-70)83-65)86-67-62(80)59(77)64(54(48-71)84-67)85-66-60(78)57(75)56(74)52(46-69)82-66/h5,7,11,13,16-17,19-20,22-23,25-26,28-29,50-54,56-67,69-72,74-80H,3-4,6,8-10,12,14-15,18,21,24,27,30-49H2,1-2H3,(H,68,73)/b7-5-,13-11-,17-16-,20-19-,23-22-,26-25-,29-28-. The maximum absolute atomic E-state index is 13.4. The molecule has 0 aromatic heterocycles. The molecule has 3 heterocycles. The molecule has 0 spiro atoms. The van der Waals surface area contributed by atoms with Crippen molar-refractivity contribution in [3.63, 3.8) is 0 Å². The van der Waals surface area contributed by atoms with E-state index in [1.807, 2.05) is 0 Å². The first-order valence-corrected chi connectivity index (χ1v) is 32.8. The molecule has 0 saturated carbocycles. The molecule has 17 atom stereocenters. The Morgan fingerprint density at radius 2 is 0.802 bits per heavy atom. The van der Waals surface area contributed by atoms with Crippen LogP contribution in [0.2, 0.25) is 0 Å². The highest BCUT2D eigenvalue weighted by molar-refractivity contribution is 5.76. The molecule has 1 amide bonds. The highest BCUT2D eigenvalue weighted by Gasteiger charge is 2.53. The van der Waals surface area contributed by atoms with E-state index in [2.05, 4.69) is 104 Å². The van der Waals surface area contributed by atoms with Crippen LogP contribution in [0, 0.1) is 0 Å². The average Bonchev–Trinajstić information content (AvgIpc) is 1.89. The van der Waals surface area contributed by atoms with Gasteiger partial charge in [0, 0.05) is 6.42 Å². The van der Waals surface area contributed by atoms with Crippen molar-refractivity contribution in [1.82, 2.24) is 5.32 Å². The molecule has 0 aliphatic carbocycles. The van der Waals surface area contributed by atoms with Gasteiger partial charge >= 0.3 is 0 Å². The lowest BCUT2D eigenvalue weighted by atomic mass is 9.96. The third kappa shape index (κ3) is 31.1. The van der Waals surface area contributed by atoms with Gasteiger partial charge in [-0.3, -0.25) is 4.79 Å².